The van der Waals surface area contributed by atoms with Crippen molar-refractivity contribution >= 4 is 17.5 Å². The molecule has 2 rings (SSSR count). The summed E-state index contributed by atoms with van der Waals surface area (Å²) < 4.78 is 5.47. The molecule has 0 fully saturated rings. The number of carbonyl (C=O) groups is 2. The van der Waals surface area contributed by atoms with Crippen molar-refractivity contribution in [2.75, 3.05) is 38.1 Å². The van der Waals surface area contributed by atoms with Gasteiger partial charge in [-0.15, -0.1) is 0 Å². The number of hydrogen-bond acceptors (Lipinski definition) is 5. The number of anilines is 1. The van der Waals surface area contributed by atoms with Crippen molar-refractivity contribution in [1.29, 1.82) is 0 Å². The Bertz CT molecular complexity index is 619. The Morgan fingerprint density at radius 3 is 2.84 bits per heavy atom. The van der Waals surface area contributed by atoms with Gasteiger partial charge in [0, 0.05) is 26.1 Å². The second kappa shape index (κ2) is 9.27. The number of fused-ring (bicyclic) bond motifs is 1. The molecule has 0 bridgehead atoms. The van der Waals surface area contributed by atoms with E-state index in [0.717, 1.165) is 31.6 Å². The van der Waals surface area contributed by atoms with Crippen LogP contribution in [0.5, 0.6) is 11.5 Å². The first-order valence-corrected chi connectivity index (χ1v) is 8.82. The lowest BCUT2D eigenvalue weighted by molar-refractivity contribution is -0.130. The Labute approximate surface area is 148 Å². The minimum atomic E-state index is -0.269. The van der Waals surface area contributed by atoms with Crippen LogP contribution in [0.25, 0.3) is 0 Å². The van der Waals surface area contributed by atoms with E-state index in [0.29, 0.717) is 30.8 Å². The molecule has 1 aromatic carbocycles. The van der Waals surface area contributed by atoms with Gasteiger partial charge < -0.3 is 25.4 Å². The Hall–Kier alpha value is -2.28. The third kappa shape index (κ3) is 5.09. The Kier molecular flexibility index (Phi) is 7.06. The van der Waals surface area contributed by atoms with Gasteiger partial charge in [0.15, 0.2) is 12.4 Å². The SMILES string of the molecule is CCCN(CCNCCc1ccc(O)c2c1OCC(=O)N2)C(=O)CC. The molecule has 1 aliphatic heterocycles. The van der Waals surface area contributed by atoms with Crippen LogP contribution in [-0.2, 0) is 16.0 Å². The van der Waals surface area contributed by atoms with Crippen LogP contribution in [-0.4, -0.2) is 54.6 Å². The maximum Gasteiger partial charge on any atom is 0.262 e. The number of phenols is 1. The van der Waals surface area contributed by atoms with Crippen LogP contribution in [0.4, 0.5) is 5.69 Å². The first kappa shape index (κ1) is 19.1. The first-order valence-electron chi connectivity index (χ1n) is 8.82. The van der Waals surface area contributed by atoms with Crippen molar-refractivity contribution in [1.82, 2.24) is 10.2 Å². The summed E-state index contributed by atoms with van der Waals surface area (Å²) in [5.41, 5.74) is 1.27. The molecule has 2 amide bonds. The molecule has 0 unspecified atom stereocenters. The van der Waals surface area contributed by atoms with E-state index in [-0.39, 0.29) is 24.2 Å². The molecule has 0 atom stereocenters. The van der Waals surface area contributed by atoms with Crippen LogP contribution in [0.3, 0.4) is 0 Å². The Morgan fingerprint density at radius 1 is 1.32 bits per heavy atom. The zero-order chi connectivity index (χ0) is 18.2. The van der Waals surface area contributed by atoms with E-state index < -0.39 is 0 Å². The second-order valence-electron chi connectivity index (χ2n) is 6.02. The number of ether oxygens (including phenoxy) is 1. The van der Waals surface area contributed by atoms with Crippen LogP contribution < -0.4 is 15.4 Å². The fraction of sp³-hybridized carbons (Fsp3) is 0.556. The molecule has 7 heteroatoms. The fourth-order valence-corrected chi connectivity index (χ4v) is 2.83. The fourth-order valence-electron chi connectivity index (χ4n) is 2.83. The molecule has 0 aliphatic carbocycles. The highest BCUT2D eigenvalue weighted by molar-refractivity contribution is 5.97. The van der Waals surface area contributed by atoms with E-state index in [4.69, 9.17) is 4.74 Å². The molecular weight excluding hydrogens is 322 g/mol. The van der Waals surface area contributed by atoms with Crippen molar-refractivity contribution in [3.05, 3.63) is 17.7 Å². The van der Waals surface area contributed by atoms with Crippen molar-refractivity contribution < 1.29 is 19.4 Å². The maximum absolute atomic E-state index is 11.8. The highest BCUT2D eigenvalue weighted by Crippen LogP contribution is 2.39. The summed E-state index contributed by atoms with van der Waals surface area (Å²) in [5.74, 6) is 0.457. The summed E-state index contributed by atoms with van der Waals surface area (Å²) in [5, 5.41) is 15.8. The monoisotopic (exact) mass is 349 g/mol. The van der Waals surface area contributed by atoms with Crippen molar-refractivity contribution in [3.63, 3.8) is 0 Å². The molecule has 0 saturated heterocycles. The van der Waals surface area contributed by atoms with Crippen LogP contribution in [0.1, 0.15) is 32.3 Å². The topological polar surface area (TPSA) is 90.9 Å². The number of amides is 2. The number of nitrogens with zero attached hydrogens (tertiary/aromatic N) is 1. The minimum absolute atomic E-state index is 0.00745. The quantitative estimate of drug-likeness (QED) is 0.464. The number of hydrogen-bond donors (Lipinski definition) is 3. The highest BCUT2D eigenvalue weighted by Gasteiger charge is 2.22. The third-order valence-electron chi connectivity index (χ3n) is 4.11. The molecule has 0 saturated carbocycles. The van der Waals surface area contributed by atoms with E-state index in [2.05, 4.69) is 17.6 Å². The van der Waals surface area contributed by atoms with Crippen molar-refractivity contribution in [3.8, 4) is 11.5 Å². The van der Waals surface area contributed by atoms with E-state index in [1.54, 1.807) is 12.1 Å². The van der Waals surface area contributed by atoms with Gasteiger partial charge in [0.1, 0.15) is 11.4 Å². The van der Waals surface area contributed by atoms with Gasteiger partial charge in [-0.1, -0.05) is 19.9 Å². The predicted octanol–water partition coefficient (Wildman–Crippen LogP) is 1.50. The lowest BCUT2D eigenvalue weighted by atomic mass is 10.1. The second-order valence-corrected chi connectivity index (χ2v) is 6.02. The normalized spacial score (nSPS) is 13.0. The van der Waals surface area contributed by atoms with E-state index in [9.17, 15) is 14.7 Å². The minimum Gasteiger partial charge on any atom is -0.506 e. The molecule has 138 valence electrons. The molecular formula is C18H27N3O4. The molecule has 1 aliphatic rings. The number of benzene rings is 1. The smallest absolute Gasteiger partial charge is 0.262 e. The van der Waals surface area contributed by atoms with Crippen LogP contribution in [0.2, 0.25) is 0 Å². The van der Waals surface area contributed by atoms with Gasteiger partial charge >= 0.3 is 0 Å². The average molecular weight is 349 g/mol. The summed E-state index contributed by atoms with van der Waals surface area (Å²) >= 11 is 0. The van der Waals surface area contributed by atoms with Crippen molar-refractivity contribution in [2.24, 2.45) is 0 Å². The molecule has 25 heavy (non-hydrogen) atoms. The molecule has 0 spiro atoms. The lowest BCUT2D eigenvalue weighted by Gasteiger charge is -2.23. The largest absolute Gasteiger partial charge is 0.506 e. The van der Waals surface area contributed by atoms with Gasteiger partial charge in [-0.05, 0) is 31.0 Å². The zero-order valence-electron chi connectivity index (χ0n) is 14.9. The van der Waals surface area contributed by atoms with Gasteiger partial charge in [-0.25, -0.2) is 0 Å². The summed E-state index contributed by atoms with van der Waals surface area (Å²) in [6.07, 6.45) is 2.19. The third-order valence-corrected chi connectivity index (χ3v) is 4.11. The molecule has 0 aromatic heterocycles. The summed E-state index contributed by atoms with van der Waals surface area (Å²) in [4.78, 5) is 25.1. The highest BCUT2D eigenvalue weighted by atomic mass is 16.5. The first-order chi connectivity index (χ1) is 12.1. The van der Waals surface area contributed by atoms with Gasteiger partial charge in [-0.3, -0.25) is 9.59 Å². The van der Waals surface area contributed by atoms with Crippen molar-refractivity contribution in [2.45, 2.75) is 33.1 Å². The zero-order valence-corrected chi connectivity index (χ0v) is 14.9. The number of nitrogens with one attached hydrogen (secondary N) is 2. The van der Waals surface area contributed by atoms with Gasteiger partial charge in [0.05, 0.1) is 0 Å². The van der Waals surface area contributed by atoms with Gasteiger partial charge in [0.25, 0.3) is 5.91 Å². The number of carbonyl (C=O) groups excluding carboxylic acids is 2. The molecule has 0 radical (unpaired) electrons. The summed E-state index contributed by atoms with van der Waals surface area (Å²) in [6.45, 7) is 6.83. The molecule has 1 aromatic rings. The van der Waals surface area contributed by atoms with Crippen LogP contribution in [0, 0.1) is 0 Å². The maximum atomic E-state index is 11.8. The lowest BCUT2D eigenvalue weighted by Crippen LogP contribution is -2.37. The summed E-state index contributed by atoms with van der Waals surface area (Å²) in [6, 6.07) is 3.36. The standard InChI is InChI=1S/C18H27N3O4/c1-3-10-21(16(24)4-2)11-9-19-8-7-13-5-6-14(22)17-18(13)25-12-15(23)20-17/h5-6,19,22H,3-4,7-12H2,1-2H3,(H,20,23). The molecule has 7 nitrogen and oxygen atoms in total. The summed E-state index contributed by atoms with van der Waals surface area (Å²) in [7, 11) is 0. The van der Waals surface area contributed by atoms with Gasteiger partial charge in [-0.2, -0.15) is 0 Å². The Balaban J connectivity index is 1.83. The van der Waals surface area contributed by atoms with Gasteiger partial charge in [0.2, 0.25) is 5.91 Å². The van der Waals surface area contributed by atoms with Crippen LogP contribution in [0.15, 0.2) is 12.1 Å². The van der Waals surface area contributed by atoms with E-state index in [1.807, 2.05) is 11.8 Å². The predicted molar refractivity (Wildman–Crippen MR) is 96.0 cm³/mol. The van der Waals surface area contributed by atoms with E-state index in [1.165, 1.54) is 0 Å². The van der Waals surface area contributed by atoms with Crippen LogP contribution >= 0.6 is 0 Å². The number of rotatable bonds is 9. The number of aromatic hydroxyl groups is 1. The van der Waals surface area contributed by atoms with E-state index >= 15 is 0 Å². The molecule has 3 N–H and O–H groups in total. The number of phenolic OH excluding ortho intramolecular Hbond substituents is 1. The molecule has 1 heterocycles. The Morgan fingerprint density at radius 2 is 2.12 bits per heavy atom. The average Bonchev–Trinajstić information content (AvgIpc) is 2.61.